The second-order valence-electron chi connectivity index (χ2n) is 11.5. The third-order valence-corrected chi connectivity index (χ3v) is 8.77. The third kappa shape index (κ3) is 3.58. The summed E-state index contributed by atoms with van der Waals surface area (Å²) in [6.45, 7) is 8.38. The Labute approximate surface area is 215 Å². The van der Waals surface area contributed by atoms with Gasteiger partial charge in [0, 0.05) is 47.6 Å². The second kappa shape index (κ2) is 8.49. The van der Waals surface area contributed by atoms with Crippen molar-refractivity contribution in [3.05, 3.63) is 41.9 Å². The zero-order valence-electron chi connectivity index (χ0n) is 21.6. The lowest BCUT2D eigenvalue weighted by Crippen LogP contribution is -2.68. The molecule has 0 radical (unpaired) electrons. The summed E-state index contributed by atoms with van der Waals surface area (Å²) >= 11 is 0. The second-order valence-corrected chi connectivity index (χ2v) is 11.5. The van der Waals surface area contributed by atoms with Crippen LogP contribution in [0.1, 0.15) is 62.6 Å². The molecule has 2 aliphatic heterocycles. The molecule has 0 unspecified atom stereocenters. The van der Waals surface area contributed by atoms with E-state index in [1.54, 1.807) is 11.6 Å². The minimum Gasteiger partial charge on any atom is -0.493 e. The first-order chi connectivity index (χ1) is 18.0. The van der Waals surface area contributed by atoms with Crippen molar-refractivity contribution in [1.82, 2.24) is 29.5 Å². The number of hydrogen-bond acceptors (Lipinski definition) is 6. The lowest BCUT2D eigenvalue weighted by Gasteiger charge is -2.58. The number of likely N-dealkylation sites (tertiary alicyclic amines) is 1. The van der Waals surface area contributed by atoms with Crippen molar-refractivity contribution >= 4 is 16.6 Å². The number of fused-ring (bicyclic) bond motifs is 2. The molecular formula is C28H33FN6O2. The van der Waals surface area contributed by atoms with Gasteiger partial charge < -0.3 is 14.5 Å². The van der Waals surface area contributed by atoms with Crippen LogP contribution in [0.5, 0.6) is 5.75 Å². The number of aromatic amines is 1. The highest BCUT2D eigenvalue weighted by molar-refractivity contribution is 5.92. The van der Waals surface area contributed by atoms with E-state index in [9.17, 15) is 0 Å². The minimum absolute atomic E-state index is 0.107. The number of H-pyrrole nitrogens is 1. The first-order valence-corrected chi connectivity index (χ1v) is 13.4. The van der Waals surface area contributed by atoms with Crippen molar-refractivity contribution in [2.24, 2.45) is 5.41 Å². The first-order valence-electron chi connectivity index (χ1n) is 13.4. The van der Waals surface area contributed by atoms with Crippen molar-refractivity contribution < 1.29 is 13.9 Å². The first kappa shape index (κ1) is 23.1. The van der Waals surface area contributed by atoms with E-state index in [1.807, 2.05) is 18.5 Å². The molecule has 1 spiro atoms. The summed E-state index contributed by atoms with van der Waals surface area (Å²) in [6.07, 6.45) is 9.40. The van der Waals surface area contributed by atoms with E-state index >= 15 is 4.39 Å². The topological polar surface area (TPSA) is 80.6 Å². The van der Waals surface area contributed by atoms with E-state index in [0.717, 1.165) is 74.3 Å². The van der Waals surface area contributed by atoms with E-state index in [1.165, 1.54) is 6.33 Å². The molecule has 3 aliphatic rings. The summed E-state index contributed by atoms with van der Waals surface area (Å²) in [5.41, 5.74) is 5.13. The highest BCUT2D eigenvalue weighted by Gasteiger charge is 2.51. The average Bonchev–Trinajstić information content (AvgIpc) is 3.48. The molecule has 8 nitrogen and oxygen atoms in total. The molecule has 1 aliphatic carbocycles. The zero-order valence-corrected chi connectivity index (χ0v) is 21.6. The van der Waals surface area contributed by atoms with Crippen LogP contribution in [-0.2, 0) is 4.74 Å². The van der Waals surface area contributed by atoms with Crippen LogP contribution in [0.15, 0.2) is 24.8 Å². The van der Waals surface area contributed by atoms with Gasteiger partial charge in [-0.2, -0.15) is 5.10 Å². The summed E-state index contributed by atoms with van der Waals surface area (Å²) in [4.78, 5) is 15.0. The predicted octanol–water partition coefficient (Wildman–Crippen LogP) is 4.90. The SMILES string of the molecule is COc1cc(-c2[nH]c3cnc(C4CCC(N5CC6(COC6)C5)CC4)c(F)c3c2C(C)C)cn2ncnc12. The molecule has 2 saturated heterocycles. The van der Waals surface area contributed by atoms with Crippen LogP contribution in [0, 0.1) is 11.2 Å². The predicted molar refractivity (Wildman–Crippen MR) is 138 cm³/mol. The van der Waals surface area contributed by atoms with Crippen molar-refractivity contribution in [3.63, 3.8) is 0 Å². The Morgan fingerprint density at radius 1 is 1.16 bits per heavy atom. The van der Waals surface area contributed by atoms with E-state index in [-0.39, 0.29) is 17.7 Å². The zero-order chi connectivity index (χ0) is 25.3. The summed E-state index contributed by atoms with van der Waals surface area (Å²) in [6, 6.07) is 2.55. The van der Waals surface area contributed by atoms with E-state index in [2.05, 4.69) is 38.8 Å². The van der Waals surface area contributed by atoms with Crippen LogP contribution in [0.25, 0.3) is 27.8 Å². The fraction of sp³-hybridized carbons (Fsp3) is 0.536. The number of rotatable bonds is 5. The van der Waals surface area contributed by atoms with Gasteiger partial charge in [0.15, 0.2) is 17.2 Å². The molecule has 6 heterocycles. The summed E-state index contributed by atoms with van der Waals surface area (Å²) in [5.74, 6) is 0.719. The highest BCUT2D eigenvalue weighted by atomic mass is 19.1. The number of methoxy groups -OCH3 is 1. The Kier molecular flexibility index (Phi) is 5.30. The van der Waals surface area contributed by atoms with Gasteiger partial charge in [0.05, 0.1) is 43.4 Å². The van der Waals surface area contributed by atoms with Gasteiger partial charge in [0.1, 0.15) is 6.33 Å². The average molecular weight is 505 g/mol. The highest BCUT2D eigenvalue weighted by Crippen LogP contribution is 2.45. The maximum Gasteiger partial charge on any atom is 0.197 e. The molecule has 4 aromatic rings. The number of pyridine rings is 2. The van der Waals surface area contributed by atoms with Crippen LogP contribution in [0.2, 0.25) is 0 Å². The molecule has 0 atom stereocenters. The van der Waals surface area contributed by atoms with E-state index in [4.69, 9.17) is 9.47 Å². The lowest BCUT2D eigenvalue weighted by molar-refractivity contribution is -0.200. The molecule has 37 heavy (non-hydrogen) atoms. The Bertz CT molecular complexity index is 1470. The minimum atomic E-state index is -0.171. The Balaban J connectivity index is 1.21. The third-order valence-electron chi connectivity index (χ3n) is 8.77. The van der Waals surface area contributed by atoms with Gasteiger partial charge in [-0.1, -0.05) is 13.8 Å². The fourth-order valence-corrected chi connectivity index (χ4v) is 6.82. The number of halogens is 1. The summed E-state index contributed by atoms with van der Waals surface area (Å²) in [7, 11) is 1.62. The van der Waals surface area contributed by atoms with Gasteiger partial charge in [0.2, 0.25) is 0 Å². The molecule has 9 heteroatoms. The smallest absolute Gasteiger partial charge is 0.197 e. The fourth-order valence-electron chi connectivity index (χ4n) is 6.82. The molecule has 3 fully saturated rings. The number of nitrogens with one attached hydrogen (secondary N) is 1. The van der Waals surface area contributed by atoms with Crippen LogP contribution in [0.4, 0.5) is 4.39 Å². The number of ether oxygens (including phenoxy) is 2. The molecule has 7 rings (SSSR count). The molecule has 1 N–H and O–H groups in total. The van der Waals surface area contributed by atoms with Crippen molar-refractivity contribution in [2.75, 3.05) is 33.4 Å². The summed E-state index contributed by atoms with van der Waals surface area (Å²) in [5, 5.41) is 4.95. The molecule has 0 amide bonds. The monoisotopic (exact) mass is 504 g/mol. The molecular weight excluding hydrogens is 471 g/mol. The van der Waals surface area contributed by atoms with Crippen molar-refractivity contribution in [3.8, 4) is 17.0 Å². The Morgan fingerprint density at radius 2 is 1.95 bits per heavy atom. The molecule has 0 bridgehead atoms. The maximum atomic E-state index is 16.3. The van der Waals surface area contributed by atoms with Crippen molar-refractivity contribution in [1.29, 1.82) is 0 Å². The largest absolute Gasteiger partial charge is 0.493 e. The quantitative estimate of drug-likeness (QED) is 0.416. The van der Waals surface area contributed by atoms with Crippen molar-refractivity contribution in [2.45, 2.75) is 57.4 Å². The van der Waals surface area contributed by atoms with Crippen LogP contribution >= 0.6 is 0 Å². The number of hydrogen-bond donors (Lipinski definition) is 1. The maximum absolute atomic E-state index is 16.3. The van der Waals surface area contributed by atoms with Crippen LogP contribution < -0.4 is 4.74 Å². The van der Waals surface area contributed by atoms with Crippen LogP contribution in [-0.4, -0.2) is 68.9 Å². The Hall–Kier alpha value is -3.04. The molecule has 1 saturated carbocycles. The lowest BCUT2D eigenvalue weighted by atomic mass is 9.74. The van der Waals surface area contributed by atoms with Gasteiger partial charge in [-0.05, 0) is 43.2 Å². The summed E-state index contributed by atoms with van der Waals surface area (Å²) < 4.78 is 29.0. The number of nitrogens with zero attached hydrogens (tertiary/aromatic N) is 5. The van der Waals surface area contributed by atoms with Gasteiger partial charge in [0.25, 0.3) is 0 Å². The van der Waals surface area contributed by atoms with Gasteiger partial charge in [-0.25, -0.2) is 13.9 Å². The number of aromatic nitrogens is 5. The standard InChI is InChI=1S/C28H33FN6O2/c1-16(2)22-23-20(33-25(22)18-8-21(36-3)27-31-15-32-35(27)10-18)9-30-26(24(23)29)17-4-6-19(7-5-17)34-11-28(12-34)13-37-14-28/h8-10,15-17,19,33H,4-7,11-14H2,1-3H3. The van der Waals surface area contributed by atoms with Gasteiger partial charge in [-0.3, -0.25) is 9.88 Å². The Morgan fingerprint density at radius 3 is 2.62 bits per heavy atom. The van der Waals surface area contributed by atoms with Gasteiger partial charge >= 0.3 is 0 Å². The van der Waals surface area contributed by atoms with E-state index in [0.29, 0.717) is 33.9 Å². The molecule has 194 valence electrons. The van der Waals surface area contributed by atoms with Gasteiger partial charge in [-0.15, -0.1) is 0 Å². The van der Waals surface area contributed by atoms with E-state index < -0.39 is 0 Å². The van der Waals surface area contributed by atoms with Crippen LogP contribution in [0.3, 0.4) is 0 Å². The molecule has 0 aromatic carbocycles. The normalized spacial score (nSPS) is 23.6. The molecule has 4 aromatic heterocycles.